The van der Waals surface area contributed by atoms with Gasteiger partial charge >= 0.3 is 0 Å². The molecule has 1 aromatic rings. The van der Waals surface area contributed by atoms with Crippen LogP contribution in [0.4, 0.5) is 5.69 Å². The van der Waals surface area contributed by atoms with Crippen molar-refractivity contribution < 1.29 is 19.1 Å². The monoisotopic (exact) mass is 497 g/mol. The number of anilines is 1. The lowest BCUT2D eigenvalue weighted by Gasteiger charge is -2.40. The number of hydrogen-bond donors (Lipinski definition) is 2. The van der Waals surface area contributed by atoms with E-state index in [0.717, 1.165) is 57.7 Å². The molecule has 36 heavy (non-hydrogen) atoms. The molecule has 9 heteroatoms. The van der Waals surface area contributed by atoms with E-state index in [9.17, 15) is 14.4 Å². The summed E-state index contributed by atoms with van der Waals surface area (Å²) in [5.41, 5.74) is 6.85. The summed E-state index contributed by atoms with van der Waals surface area (Å²) in [7, 11) is 0. The molecule has 0 spiro atoms. The number of amides is 2. The molecule has 5 rings (SSSR count). The molecule has 3 heterocycles. The fourth-order valence-corrected chi connectivity index (χ4v) is 6.38. The average Bonchev–Trinajstić information content (AvgIpc) is 3.45. The van der Waals surface area contributed by atoms with Gasteiger partial charge in [0.25, 0.3) is 5.91 Å². The van der Waals surface area contributed by atoms with Crippen LogP contribution in [0.2, 0.25) is 0 Å². The molecule has 1 aliphatic carbocycles. The Labute approximate surface area is 213 Å². The maximum atomic E-state index is 13.9. The quantitative estimate of drug-likeness (QED) is 0.607. The predicted octanol–water partition coefficient (Wildman–Crippen LogP) is 1.16. The molecule has 3 atom stereocenters. The van der Waals surface area contributed by atoms with Crippen molar-refractivity contribution in [3.8, 4) is 0 Å². The maximum Gasteiger partial charge on any atom is 0.252 e. The Morgan fingerprint density at radius 2 is 1.78 bits per heavy atom. The van der Waals surface area contributed by atoms with Gasteiger partial charge in [-0.1, -0.05) is 26.2 Å². The van der Waals surface area contributed by atoms with Crippen LogP contribution in [-0.4, -0.2) is 97.0 Å². The molecule has 0 radical (unpaired) electrons. The molecule has 0 unspecified atom stereocenters. The minimum absolute atomic E-state index is 0.00776. The summed E-state index contributed by atoms with van der Waals surface area (Å²) in [5, 5.41) is 3.11. The highest BCUT2D eigenvalue weighted by Gasteiger charge is 2.55. The second-order valence-electron chi connectivity index (χ2n) is 10.8. The number of carbonyl (C=O) groups excluding carboxylic acids is 3. The number of ketones is 1. The van der Waals surface area contributed by atoms with Crippen molar-refractivity contribution in [2.45, 2.75) is 69.2 Å². The Morgan fingerprint density at radius 3 is 2.44 bits per heavy atom. The van der Waals surface area contributed by atoms with Gasteiger partial charge in [-0.05, 0) is 50.1 Å². The Balaban J connectivity index is 1.28. The number of piperazine rings is 1. The van der Waals surface area contributed by atoms with Gasteiger partial charge in [0.2, 0.25) is 5.91 Å². The number of carbonyl (C=O) groups is 3. The summed E-state index contributed by atoms with van der Waals surface area (Å²) < 4.78 is 5.57. The van der Waals surface area contributed by atoms with Gasteiger partial charge in [-0.15, -0.1) is 0 Å². The van der Waals surface area contributed by atoms with Gasteiger partial charge < -0.3 is 25.6 Å². The first-order valence-electron chi connectivity index (χ1n) is 13.5. The van der Waals surface area contributed by atoms with Crippen LogP contribution < -0.4 is 16.0 Å². The highest BCUT2D eigenvalue weighted by molar-refractivity contribution is 6.01. The smallest absolute Gasteiger partial charge is 0.252 e. The first kappa shape index (κ1) is 25.2. The molecule has 0 bridgehead atoms. The SMILES string of the molecule is CCCN1CCN(c2ccc(C(=O)NC3(C(=O)N4C[C@H](N)[C@H]5OCC(=O)[C@H]54)CCCCC3)cc2)CC1. The zero-order chi connectivity index (χ0) is 25.3. The van der Waals surface area contributed by atoms with Crippen molar-refractivity contribution in [1.29, 1.82) is 0 Å². The molecule has 9 nitrogen and oxygen atoms in total. The van der Waals surface area contributed by atoms with E-state index in [-0.39, 0.29) is 30.7 Å². The van der Waals surface area contributed by atoms with Gasteiger partial charge in [0.05, 0.1) is 6.04 Å². The number of rotatable bonds is 6. The molecule has 4 aliphatic rings. The van der Waals surface area contributed by atoms with Crippen LogP contribution in [0.3, 0.4) is 0 Å². The number of benzene rings is 1. The van der Waals surface area contributed by atoms with Crippen molar-refractivity contribution >= 4 is 23.3 Å². The van der Waals surface area contributed by atoms with E-state index in [1.54, 1.807) is 4.90 Å². The molecule has 4 fully saturated rings. The average molecular weight is 498 g/mol. The van der Waals surface area contributed by atoms with Gasteiger partial charge in [-0.2, -0.15) is 0 Å². The third-order valence-electron chi connectivity index (χ3n) is 8.36. The second-order valence-corrected chi connectivity index (χ2v) is 10.8. The summed E-state index contributed by atoms with van der Waals surface area (Å²) in [6, 6.07) is 6.66. The van der Waals surface area contributed by atoms with Crippen LogP contribution in [0, 0.1) is 0 Å². The van der Waals surface area contributed by atoms with E-state index in [1.165, 1.54) is 6.42 Å². The van der Waals surface area contributed by atoms with Crippen molar-refractivity contribution in [2.75, 3.05) is 50.8 Å². The van der Waals surface area contributed by atoms with Crippen LogP contribution in [-0.2, 0) is 14.3 Å². The van der Waals surface area contributed by atoms with Crippen molar-refractivity contribution in [3.63, 3.8) is 0 Å². The normalized spacial score (nSPS) is 28.3. The first-order valence-corrected chi connectivity index (χ1v) is 13.5. The van der Waals surface area contributed by atoms with Crippen LogP contribution in [0.5, 0.6) is 0 Å². The van der Waals surface area contributed by atoms with Gasteiger partial charge in [0.15, 0.2) is 5.78 Å². The Bertz CT molecular complexity index is 969. The number of hydrogen-bond acceptors (Lipinski definition) is 7. The van der Waals surface area contributed by atoms with E-state index in [0.29, 0.717) is 18.4 Å². The summed E-state index contributed by atoms with van der Waals surface area (Å²) >= 11 is 0. The summed E-state index contributed by atoms with van der Waals surface area (Å²) in [4.78, 5) is 46.2. The Hall–Kier alpha value is -2.49. The lowest BCUT2D eigenvalue weighted by molar-refractivity contribution is -0.143. The lowest BCUT2D eigenvalue weighted by Crippen LogP contribution is -2.62. The minimum Gasteiger partial charge on any atom is -0.369 e. The minimum atomic E-state index is -1.01. The molecule has 1 aromatic carbocycles. The number of Topliss-reactive ketones (excluding diaryl/α,β-unsaturated/α-hetero) is 1. The number of nitrogens with one attached hydrogen (secondary N) is 1. The molecule has 3 N–H and O–H groups in total. The Morgan fingerprint density at radius 1 is 1.08 bits per heavy atom. The van der Waals surface area contributed by atoms with Crippen molar-refractivity contribution in [3.05, 3.63) is 29.8 Å². The van der Waals surface area contributed by atoms with E-state index in [4.69, 9.17) is 10.5 Å². The van der Waals surface area contributed by atoms with Gasteiger partial charge in [0, 0.05) is 44.0 Å². The topological polar surface area (TPSA) is 108 Å². The fourth-order valence-electron chi connectivity index (χ4n) is 6.38. The molecule has 2 amide bonds. The zero-order valence-electron chi connectivity index (χ0n) is 21.3. The van der Waals surface area contributed by atoms with Crippen molar-refractivity contribution in [1.82, 2.24) is 15.1 Å². The molecule has 3 saturated heterocycles. The molecule has 1 saturated carbocycles. The largest absolute Gasteiger partial charge is 0.369 e. The second kappa shape index (κ2) is 10.5. The van der Waals surface area contributed by atoms with Crippen LogP contribution in [0.15, 0.2) is 24.3 Å². The van der Waals surface area contributed by atoms with Crippen LogP contribution in [0.1, 0.15) is 55.8 Å². The van der Waals surface area contributed by atoms with E-state index < -0.39 is 23.7 Å². The first-order chi connectivity index (χ1) is 17.4. The van der Waals surface area contributed by atoms with Gasteiger partial charge in [0.1, 0.15) is 24.3 Å². The third-order valence-corrected chi connectivity index (χ3v) is 8.36. The summed E-state index contributed by atoms with van der Waals surface area (Å²) in [6.45, 7) is 7.67. The van der Waals surface area contributed by atoms with Crippen LogP contribution >= 0.6 is 0 Å². The van der Waals surface area contributed by atoms with E-state index in [1.807, 2.05) is 24.3 Å². The summed E-state index contributed by atoms with van der Waals surface area (Å²) in [5.74, 6) is -0.553. The number of nitrogens with two attached hydrogens (primary N) is 1. The predicted molar refractivity (Wildman–Crippen MR) is 137 cm³/mol. The molecular weight excluding hydrogens is 458 g/mol. The highest BCUT2D eigenvalue weighted by Crippen LogP contribution is 2.35. The molecular formula is C27H39N5O4. The van der Waals surface area contributed by atoms with Crippen LogP contribution in [0.25, 0.3) is 0 Å². The number of nitrogens with zero attached hydrogens (tertiary/aromatic N) is 3. The van der Waals surface area contributed by atoms with Crippen molar-refractivity contribution in [2.24, 2.45) is 5.73 Å². The number of ether oxygens (including phenoxy) is 1. The fraction of sp³-hybridized carbons (Fsp3) is 0.667. The Kier molecular flexibility index (Phi) is 7.32. The van der Waals surface area contributed by atoms with Gasteiger partial charge in [-0.3, -0.25) is 19.3 Å². The van der Waals surface area contributed by atoms with E-state index >= 15 is 0 Å². The molecule has 0 aromatic heterocycles. The molecule has 196 valence electrons. The molecule has 3 aliphatic heterocycles. The lowest BCUT2D eigenvalue weighted by atomic mass is 9.80. The standard InChI is InChI=1S/C27H39N5O4/c1-2-12-30-13-15-31(16-14-30)20-8-6-19(7-9-20)25(34)29-27(10-4-3-5-11-27)26(35)32-17-21(28)24-23(32)22(33)18-36-24/h6-9,21,23-24H,2-5,10-18,28H2,1H3,(H,29,34)/t21-,23+,24+/m0/s1. The third kappa shape index (κ3) is 4.76. The highest BCUT2D eigenvalue weighted by atomic mass is 16.5. The van der Waals surface area contributed by atoms with E-state index in [2.05, 4.69) is 22.0 Å². The summed E-state index contributed by atoms with van der Waals surface area (Å²) in [6.07, 6.45) is 4.59. The number of likely N-dealkylation sites (tertiary alicyclic amines) is 1. The zero-order valence-corrected chi connectivity index (χ0v) is 21.3. The number of fused-ring (bicyclic) bond motifs is 1. The maximum absolute atomic E-state index is 13.9. The van der Waals surface area contributed by atoms with Gasteiger partial charge in [-0.25, -0.2) is 0 Å².